The maximum atomic E-state index is 12.9. The molecule has 0 aromatic heterocycles. The summed E-state index contributed by atoms with van der Waals surface area (Å²) >= 11 is 0. The Labute approximate surface area is 99.6 Å². The van der Waals surface area contributed by atoms with Crippen molar-refractivity contribution in [1.82, 2.24) is 5.32 Å². The number of benzene rings is 1. The van der Waals surface area contributed by atoms with Gasteiger partial charge in [0, 0.05) is 12.1 Å². The van der Waals surface area contributed by atoms with Crippen LogP contribution < -0.4 is 11.1 Å². The fourth-order valence-corrected chi connectivity index (χ4v) is 1.18. The van der Waals surface area contributed by atoms with Gasteiger partial charge >= 0.3 is 0 Å². The van der Waals surface area contributed by atoms with Crippen LogP contribution in [0.1, 0.15) is 30.6 Å². The summed E-state index contributed by atoms with van der Waals surface area (Å²) in [5, 5.41) is 12.3. The molecule has 17 heavy (non-hydrogen) atoms. The van der Waals surface area contributed by atoms with Crippen molar-refractivity contribution >= 4 is 11.6 Å². The number of anilines is 1. The molecule has 0 saturated heterocycles. The third-order valence-corrected chi connectivity index (χ3v) is 2.65. The van der Waals surface area contributed by atoms with E-state index in [0.717, 1.165) is 6.07 Å². The quantitative estimate of drug-likeness (QED) is 0.694. The van der Waals surface area contributed by atoms with Crippen LogP contribution in [0.15, 0.2) is 18.2 Å². The van der Waals surface area contributed by atoms with Gasteiger partial charge in [-0.2, -0.15) is 0 Å². The van der Waals surface area contributed by atoms with Crippen LogP contribution in [0.4, 0.5) is 10.1 Å². The van der Waals surface area contributed by atoms with Gasteiger partial charge in [-0.25, -0.2) is 4.39 Å². The number of nitrogen functional groups attached to an aromatic ring is 1. The van der Waals surface area contributed by atoms with Crippen molar-refractivity contribution in [3.63, 3.8) is 0 Å². The van der Waals surface area contributed by atoms with E-state index in [9.17, 15) is 14.3 Å². The predicted molar refractivity (Wildman–Crippen MR) is 64.1 cm³/mol. The molecule has 1 aromatic rings. The fourth-order valence-electron chi connectivity index (χ4n) is 1.18. The number of halogens is 1. The van der Waals surface area contributed by atoms with Crippen LogP contribution in [-0.2, 0) is 0 Å². The minimum absolute atomic E-state index is 0.0695. The number of nitrogens with one attached hydrogen (secondary N) is 1. The lowest BCUT2D eigenvalue weighted by Gasteiger charge is -2.21. The Morgan fingerprint density at radius 1 is 1.59 bits per heavy atom. The predicted octanol–water partition coefficient (Wildman–Crippen LogP) is 1.30. The lowest BCUT2D eigenvalue weighted by molar-refractivity contribution is 0.0518. The molecular formula is C12H17FN2O2. The Morgan fingerprint density at radius 3 is 2.76 bits per heavy atom. The second kappa shape index (κ2) is 5.14. The minimum atomic E-state index is -0.943. The Balaban J connectivity index is 2.68. The van der Waals surface area contributed by atoms with Gasteiger partial charge in [0.1, 0.15) is 5.82 Å². The first kappa shape index (κ1) is 13.4. The van der Waals surface area contributed by atoms with Crippen molar-refractivity contribution in [2.45, 2.75) is 25.9 Å². The summed E-state index contributed by atoms with van der Waals surface area (Å²) in [7, 11) is 0. The van der Waals surface area contributed by atoms with Crippen LogP contribution in [0.5, 0.6) is 0 Å². The van der Waals surface area contributed by atoms with Crippen molar-refractivity contribution in [1.29, 1.82) is 0 Å². The van der Waals surface area contributed by atoms with Gasteiger partial charge in [0.2, 0.25) is 0 Å². The number of rotatable bonds is 4. The lowest BCUT2D eigenvalue weighted by Crippen LogP contribution is -2.40. The molecule has 0 bridgehead atoms. The summed E-state index contributed by atoms with van der Waals surface area (Å²) in [6, 6.07) is 3.76. The van der Waals surface area contributed by atoms with Gasteiger partial charge in [0.25, 0.3) is 5.91 Å². The van der Waals surface area contributed by atoms with Crippen LogP contribution in [0.3, 0.4) is 0 Å². The molecule has 1 amide bonds. The SMILES string of the molecule is CCC(C)(O)CNC(=O)c1ccc(F)c(N)c1. The number of nitrogens with two attached hydrogens (primary N) is 1. The van der Waals surface area contributed by atoms with Crippen molar-refractivity contribution in [2.24, 2.45) is 0 Å². The van der Waals surface area contributed by atoms with Crippen LogP contribution >= 0.6 is 0 Å². The number of carbonyl (C=O) groups excluding carboxylic acids is 1. The molecule has 0 saturated carbocycles. The van der Waals surface area contributed by atoms with E-state index in [4.69, 9.17) is 5.73 Å². The number of carbonyl (C=O) groups is 1. The molecule has 4 N–H and O–H groups in total. The van der Waals surface area contributed by atoms with E-state index in [1.54, 1.807) is 6.92 Å². The van der Waals surface area contributed by atoms with E-state index in [-0.39, 0.29) is 23.7 Å². The van der Waals surface area contributed by atoms with E-state index >= 15 is 0 Å². The van der Waals surface area contributed by atoms with E-state index in [1.807, 2.05) is 6.92 Å². The Hall–Kier alpha value is -1.62. The first-order valence-corrected chi connectivity index (χ1v) is 5.41. The van der Waals surface area contributed by atoms with Crippen LogP contribution in [0.25, 0.3) is 0 Å². The molecular weight excluding hydrogens is 223 g/mol. The number of aliphatic hydroxyl groups is 1. The first-order chi connectivity index (χ1) is 7.85. The molecule has 1 atom stereocenters. The lowest BCUT2D eigenvalue weighted by atomic mass is 10.0. The number of amides is 1. The Morgan fingerprint density at radius 2 is 2.24 bits per heavy atom. The standard InChI is InChI=1S/C12H17FN2O2/c1-3-12(2,17)7-15-11(16)8-4-5-9(13)10(14)6-8/h4-6,17H,3,7,14H2,1-2H3,(H,15,16). The average molecular weight is 240 g/mol. The van der Waals surface area contributed by atoms with Crippen molar-refractivity contribution in [3.05, 3.63) is 29.6 Å². The third-order valence-electron chi connectivity index (χ3n) is 2.65. The second-order valence-electron chi connectivity index (χ2n) is 4.27. The summed E-state index contributed by atoms with van der Waals surface area (Å²) in [6.07, 6.45) is 0.527. The van der Waals surface area contributed by atoms with Gasteiger partial charge in [-0.3, -0.25) is 4.79 Å². The topological polar surface area (TPSA) is 75.3 Å². The van der Waals surface area contributed by atoms with Gasteiger partial charge in [0.15, 0.2) is 0 Å². The molecule has 1 rings (SSSR count). The molecule has 4 nitrogen and oxygen atoms in total. The first-order valence-electron chi connectivity index (χ1n) is 5.41. The smallest absolute Gasteiger partial charge is 0.251 e. The summed E-state index contributed by atoms with van der Waals surface area (Å²) < 4.78 is 12.9. The monoisotopic (exact) mass is 240 g/mol. The van der Waals surface area contributed by atoms with Crippen molar-refractivity contribution < 1.29 is 14.3 Å². The molecule has 0 spiro atoms. The van der Waals surface area contributed by atoms with Crippen LogP contribution in [0.2, 0.25) is 0 Å². The molecule has 0 aliphatic heterocycles. The van der Waals surface area contributed by atoms with Gasteiger partial charge in [-0.15, -0.1) is 0 Å². The molecule has 0 fully saturated rings. The minimum Gasteiger partial charge on any atom is -0.396 e. The van der Waals surface area contributed by atoms with E-state index in [2.05, 4.69) is 5.32 Å². The summed E-state index contributed by atoms with van der Waals surface area (Å²) in [5.41, 5.74) is 4.62. The van der Waals surface area contributed by atoms with Gasteiger partial charge in [-0.1, -0.05) is 6.92 Å². The molecule has 94 valence electrons. The molecule has 5 heteroatoms. The zero-order valence-electron chi connectivity index (χ0n) is 9.96. The second-order valence-corrected chi connectivity index (χ2v) is 4.27. The highest BCUT2D eigenvalue weighted by Crippen LogP contribution is 2.12. The number of hydrogen-bond donors (Lipinski definition) is 3. The zero-order chi connectivity index (χ0) is 13.1. The molecule has 0 aliphatic carbocycles. The zero-order valence-corrected chi connectivity index (χ0v) is 9.96. The largest absolute Gasteiger partial charge is 0.396 e. The van der Waals surface area contributed by atoms with Gasteiger partial charge < -0.3 is 16.2 Å². The summed E-state index contributed by atoms with van der Waals surface area (Å²) in [5.74, 6) is -0.937. The highest BCUT2D eigenvalue weighted by atomic mass is 19.1. The van der Waals surface area contributed by atoms with Crippen molar-refractivity contribution in [3.8, 4) is 0 Å². The maximum absolute atomic E-state index is 12.9. The van der Waals surface area contributed by atoms with Crippen LogP contribution in [-0.4, -0.2) is 23.2 Å². The van der Waals surface area contributed by atoms with Gasteiger partial charge in [0.05, 0.1) is 11.3 Å². The summed E-state index contributed by atoms with van der Waals surface area (Å²) in [6.45, 7) is 3.59. The Bertz CT molecular complexity index is 419. The highest BCUT2D eigenvalue weighted by molar-refractivity contribution is 5.95. The fraction of sp³-hybridized carbons (Fsp3) is 0.417. The molecule has 0 heterocycles. The van der Waals surface area contributed by atoms with Gasteiger partial charge in [-0.05, 0) is 31.5 Å². The normalized spacial score (nSPS) is 14.1. The molecule has 0 aliphatic rings. The van der Waals surface area contributed by atoms with Crippen LogP contribution in [0, 0.1) is 5.82 Å². The molecule has 0 radical (unpaired) electrons. The maximum Gasteiger partial charge on any atom is 0.251 e. The average Bonchev–Trinajstić information content (AvgIpc) is 2.30. The van der Waals surface area contributed by atoms with Crippen molar-refractivity contribution in [2.75, 3.05) is 12.3 Å². The highest BCUT2D eigenvalue weighted by Gasteiger charge is 2.19. The summed E-state index contributed by atoms with van der Waals surface area (Å²) in [4.78, 5) is 11.7. The van der Waals surface area contributed by atoms with E-state index in [0.29, 0.717) is 6.42 Å². The Kier molecular flexibility index (Phi) is 4.07. The molecule has 1 unspecified atom stereocenters. The van der Waals surface area contributed by atoms with E-state index in [1.165, 1.54) is 12.1 Å². The number of hydrogen-bond acceptors (Lipinski definition) is 3. The third kappa shape index (κ3) is 3.71. The van der Waals surface area contributed by atoms with E-state index < -0.39 is 11.4 Å². The molecule has 1 aromatic carbocycles.